The molecule has 1 N–H and O–H groups in total. The number of amides is 2. The third-order valence-electron chi connectivity index (χ3n) is 5.08. The van der Waals surface area contributed by atoms with E-state index >= 15 is 0 Å². The van der Waals surface area contributed by atoms with E-state index in [2.05, 4.69) is 5.32 Å². The van der Waals surface area contributed by atoms with Crippen LogP contribution in [0.5, 0.6) is 0 Å². The monoisotopic (exact) mass is 358 g/mol. The number of hydrogen-bond donors (Lipinski definition) is 1. The van der Waals surface area contributed by atoms with Crippen LogP contribution in [0.1, 0.15) is 48.5 Å². The number of nitrogens with one attached hydrogen (secondary N) is 1. The number of nitrogens with zero attached hydrogens (tertiary/aromatic N) is 1. The lowest BCUT2D eigenvalue weighted by molar-refractivity contribution is -0.160. The lowest BCUT2D eigenvalue weighted by Crippen LogP contribution is -2.43. The van der Waals surface area contributed by atoms with Crippen LogP contribution in [0.15, 0.2) is 24.3 Å². The van der Waals surface area contributed by atoms with Gasteiger partial charge >= 0.3 is 5.97 Å². The SMILES string of the molecule is Cc1ccccc1C(=O)N1CCC(C(=O)O[C@H](C)C(=O)NC2CC2)CC1. The highest BCUT2D eigenvalue weighted by atomic mass is 16.5. The molecule has 1 aromatic rings. The van der Waals surface area contributed by atoms with Crippen LogP contribution in [0.25, 0.3) is 0 Å². The van der Waals surface area contributed by atoms with Crippen LogP contribution >= 0.6 is 0 Å². The van der Waals surface area contributed by atoms with Gasteiger partial charge in [-0.15, -0.1) is 0 Å². The average molecular weight is 358 g/mol. The fourth-order valence-corrected chi connectivity index (χ4v) is 3.17. The Bertz CT molecular complexity index is 691. The number of benzene rings is 1. The third kappa shape index (κ3) is 4.42. The maximum Gasteiger partial charge on any atom is 0.309 e. The van der Waals surface area contributed by atoms with Gasteiger partial charge in [0, 0.05) is 24.7 Å². The highest BCUT2D eigenvalue weighted by molar-refractivity contribution is 5.95. The van der Waals surface area contributed by atoms with Crippen LogP contribution in [0.4, 0.5) is 0 Å². The fourth-order valence-electron chi connectivity index (χ4n) is 3.17. The first-order valence-corrected chi connectivity index (χ1v) is 9.31. The Hall–Kier alpha value is -2.37. The number of ether oxygens (including phenoxy) is 1. The molecule has 0 radical (unpaired) electrons. The quantitative estimate of drug-likeness (QED) is 0.818. The number of carbonyl (C=O) groups excluding carboxylic acids is 3. The molecule has 0 bridgehead atoms. The Morgan fingerprint density at radius 1 is 1.12 bits per heavy atom. The molecule has 2 amide bonds. The largest absolute Gasteiger partial charge is 0.452 e. The molecule has 1 saturated carbocycles. The second-order valence-electron chi connectivity index (χ2n) is 7.24. The molecular formula is C20H26N2O4. The summed E-state index contributed by atoms with van der Waals surface area (Å²) in [6.45, 7) is 4.57. The van der Waals surface area contributed by atoms with Crippen LogP contribution in [-0.2, 0) is 14.3 Å². The number of piperidine rings is 1. The minimum Gasteiger partial charge on any atom is -0.452 e. The molecule has 1 aliphatic heterocycles. The van der Waals surface area contributed by atoms with Crippen molar-refractivity contribution in [1.82, 2.24) is 10.2 Å². The van der Waals surface area contributed by atoms with Crippen molar-refractivity contribution in [2.45, 2.75) is 51.7 Å². The fraction of sp³-hybridized carbons (Fsp3) is 0.550. The Balaban J connectivity index is 1.48. The maximum absolute atomic E-state index is 12.6. The second-order valence-corrected chi connectivity index (χ2v) is 7.24. The molecule has 0 spiro atoms. The van der Waals surface area contributed by atoms with Gasteiger partial charge in [0.15, 0.2) is 6.10 Å². The van der Waals surface area contributed by atoms with Gasteiger partial charge in [0.05, 0.1) is 5.92 Å². The Labute approximate surface area is 153 Å². The average Bonchev–Trinajstić information content (AvgIpc) is 3.45. The third-order valence-corrected chi connectivity index (χ3v) is 5.08. The molecule has 140 valence electrons. The summed E-state index contributed by atoms with van der Waals surface area (Å²) in [5, 5.41) is 2.84. The summed E-state index contributed by atoms with van der Waals surface area (Å²) in [5.74, 6) is -0.821. The van der Waals surface area contributed by atoms with Crippen LogP contribution in [0.2, 0.25) is 0 Å². The summed E-state index contributed by atoms with van der Waals surface area (Å²) >= 11 is 0. The first-order chi connectivity index (χ1) is 12.5. The molecule has 2 fully saturated rings. The normalized spacial score (nSPS) is 18.9. The second kappa shape index (κ2) is 7.89. The van der Waals surface area contributed by atoms with Crippen molar-refractivity contribution in [2.24, 2.45) is 5.92 Å². The van der Waals surface area contributed by atoms with E-state index in [4.69, 9.17) is 4.74 Å². The van der Waals surface area contributed by atoms with E-state index in [0.29, 0.717) is 31.5 Å². The van der Waals surface area contributed by atoms with Gasteiger partial charge in [-0.05, 0) is 51.2 Å². The Morgan fingerprint density at radius 2 is 1.77 bits per heavy atom. The van der Waals surface area contributed by atoms with E-state index in [1.165, 1.54) is 0 Å². The molecule has 1 aliphatic carbocycles. The predicted molar refractivity (Wildman–Crippen MR) is 96.5 cm³/mol. The summed E-state index contributed by atoms with van der Waals surface area (Å²) in [7, 11) is 0. The minimum atomic E-state index is -0.769. The molecule has 1 atom stereocenters. The number of rotatable bonds is 5. The van der Waals surface area contributed by atoms with Gasteiger partial charge in [0.2, 0.25) is 0 Å². The molecule has 2 aliphatic rings. The van der Waals surface area contributed by atoms with Crippen LogP contribution < -0.4 is 5.32 Å². The number of esters is 1. The van der Waals surface area contributed by atoms with Crippen molar-refractivity contribution in [3.63, 3.8) is 0 Å². The number of aryl methyl sites for hydroxylation is 1. The first kappa shape index (κ1) is 18.4. The maximum atomic E-state index is 12.6. The molecule has 0 unspecified atom stereocenters. The van der Waals surface area contributed by atoms with Crippen molar-refractivity contribution >= 4 is 17.8 Å². The van der Waals surface area contributed by atoms with E-state index in [1.807, 2.05) is 31.2 Å². The van der Waals surface area contributed by atoms with E-state index < -0.39 is 6.10 Å². The number of hydrogen-bond acceptors (Lipinski definition) is 4. The first-order valence-electron chi connectivity index (χ1n) is 9.31. The van der Waals surface area contributed by atoms with E-state index in [-0.39, 0.29) is 29.7 Å². The van der Waals surface area contributed by atoms with Crippen molar-refractivity contribution in [3.8, 4) is 0 Å². The molecular weight excluding hydrogens is 332 g/mol. The van der Waals surface area contributed by atoms with Gasteiger partial charge in [-0.25, -0.2) is 0 Å². The highest BCUT2D eigenvalue weighted by Crippen LogP contribution is 2.22. The minimum absolute atomic E-state index is 0.00657. The van der Waals surface area contributed by atoms with Crippen molar-refractivity contribution in [2.75, 3.05) is 13.1 Å². The summed E-state index contributed by atoms with van der Waals surface area (Å²) < 4.78 is 5.33. The van der Waals surface area contributed by atoms with Gasteiger partial charge in [-0.1, -0.05) is 18.2 Å². The molecule has 26 heavy (non-hydrogen) atoms. The highest BCUT2D eigenvalue weighted by Gasteiger charge is 2.32. The lowest BCUT2D eigenvalue weighted by atomic mass is 9.96. The van der Waals surface area contributed by atoms with Crippen LogP contribution in [0, 0.1) is 12.8 Å². The smallest absolute Gasteiger partial charge is 0.309 e. The molecule has 0 aromatic heterocycles. The van der Waals surface area contributed by atoms with E-state index in [1.54, 1.807) is 11.8 Å². The lowest BCUT2D eigenvalue weighted by Gasteiger charge is -2.31. The molecule has 1 saturated heterocycles. The molecule has 6 nitrogen and oxygen atoms in total. The van der Waals surface area contributed by atoms with Gasteiger partial charge < -0.3 is 15.0 Å². The zero-order valence-corrected chi connectivity index (χ0v) is 15.4. The predicted octanol–water partition coefficient (Wildman–Crippen LogP) is 2.06. The van der Waals surface area contributed by atoms with Gasteiger partial charge in [0.25, 0.3) is 11.8 Å². The van der Waals surface area contributed by atoms with Gasteiger partial charge in [0.1, 0.15) is 0 Å². The standard InChI is InChI=1S/C20H26N2O4/c1-13-5-3-4-6-17(13)19(24)22-11-9-15(10-12-22)20(25)26-14(2)18(23)21-16-7-8-16/h3-6,14-16H,7-12H2,1-2H3,(H,21,23)/t14-/m1/s1. The number of carbonyl (C=O) groups is 3. The Morgan fingerprint density at radius 3 is 2.38 bits per heavy atom. The molecule has 1 aromatic carbocycles. The summed E-state index contributed by atoms with van der Waals surface area (Å²) in [5.41, 5.74) is 1.66. The van der Waals surface area contributed by atoms with Crippen molar-refractivity contribution in [1.29, 1.82) is 0 Å². The summed E-state index contributed by atoms with van der Waals surface area (Å²) in [6, 6.07) is 7.77. The molecule has 1 heterocycles. The summed E-state index contributed by atoms with van der Waals surface area (Å²) in [4.78, 5) is 38.6. The van der Waals surface area contributed by atoms with E-state index in [0.717, 1.165) is 18.4 Å². The topological polar surface area (TPSA) is 75.7 Å². The van der Waals surface area contributed by atoms with Crippen LogP contribution in [0.3, 0.4) is 0 Å². The molecule has 6 heteroatoms. The van der Waals surface area contributed by atoms with E-state index in [9.17, 15) is 14.4 Å². The van der Waals surface area contributed by atoms with Crippen LogP contribution in [-0.4, -0.2) is 47.9 Å². The summed E-state index contributed by atoms with van der Waals surface area (Å²) in [6.07, 6.45) is 2.36. The zero-order chi connectivity index (χ0) is 18.7. The van der Waals surface area contributed by atoms with Gasteiger partial charge in [-0.2, -0.15) is 0 Å². The van der Waals surface area contributed by atoms with Crippen molar-refractivity contribution in [3.05, 3.63) is 35.4 Å². The molecule has 3 rings (SSSR count). The Kier molecular flexibility index (Phi) is 5.59. The zero-order valence-electron chi connectivity index (χ0n) is 15.4. The van der Waals surface area contributed by atoms with Gasteiger partial charge in [-0.3, -0.25) is 14.4 Å². The van der Waals surface area contributed by atoms with Crippen molar-refractivity contribution < 1.29 is 19.1 Å². The number of likely N-dealkylation sites (tertiary alicyclic amines) is 1.